The summed E-state index contributed by atoms with van der Waals surface area (Å²) in [6.07, 6.45) is 0. The van der Waals surface area contributed by atoms with Crippen LogP contribution in [-0.4, -0.2) is 56.1 Å². The molecule has 0 aliphatic carbocycles. The molecule has 4 rings (SSSR count). The van der Waals surface area contributed by atoms with E-state index in [0.717, 1.165) is 35.9 Å². The molecule has 31 heavy (non-hydrogen) atoms. The first-order chi connectivity index (χ1) is 15.2. The molecule has 0 saturated carbocycles. The number of benzene rings is 2. The van der Waals surface area contributed by atoms with E-state index in [1.54, 1.807) is 31.4 Å². The van der Waals surface area contributed by atoms with Crippen molar-refractivity contribution in [3.05, 3.63) is 60.7 Å². The quantitative estimate of drug-likeness (QED) is 0.629. The first-order valence-electron chi connectivity index (χ1n) is 10.0. The van der Waals surface area contributed by atoms with Gasteiger partial charge in [0.25, 0.3) is 5.91 Å². The van der Waals surface area contributed by atoms with Gasteiger partial charge in [0.05, 0.1) is 26.0 Å². The molecule has 3 aromatic rings. The Morgan fingerprint density at radius 3 is 2.32 bits per heavy atom. The minimum atomic E-state index is -0.238. The number of nitrogens with zero attached hydrogens (tertiary/aromatic N) is 3. The Kier molecular flexibility index (Phi) is 6.59. The van der Waals surface area contributed by atoms with Gasteiger partial charge in [0.2, 0.25) is 0 Å². The molecule has 0 radical (unpaired) electrons. The van der Waals surface area contributed by atoms with Gasteiger partial charge in [0.1, 0.15) is 11.5 Å². The maximum Gasteiger partial charge on any atom is 0.262 e. The van der Waals surface area contributed by atoms with Crippen molar-refractivity contribution in [2.45, 2.75) is 0 Å². The maximum absolute atomic E-state index is 12.2. The SMILES string of the molecule is COc1ccc(OCC(=O)Nc2ccc(-c3ccc(N4CCOCC4)nn3)cc2)cc1. The third-order valence-electron chi connectivity index (χ3n) is 4.88. The molecule has 2 aromatic carbocycles. The van der Waals surface area contributed by atoms with Crippen LogP contribution in [0, 0.1) is 0 Å². The van der Waals surface area contributed by atoms with Gasteiger partial charge >= 0.3 is 0 Å². The minimum Gasteiger partial charge on any atom is -0.497 e. The van der Waals surface area contributed by atoms with Crippen LogP contribution in [0.4, 0.5) is 11.5 Å². The fourth-order valence-electron chi connectivity index (χ4n) is 3.18. The zero-order valence-corrected chi connectivity index (χ0v) is 17.3. The molecule has 1 aliphatic rings. The van der Waals surface area contributed by atoms with E-state index in [1.165, 1.54) is 0 Å². The van der Waals surface area contributed by atoms with Gasteiger partial charge in [0, 0.05) is 24.3 Å². The molecule has 1 N–H and O–H groups in total. The predicted molar refractivity (Wildman–Crippen MR) is 118 cm³/mol. The molecule has 8 nitrogen and oxygen atoms in total. The highest BCUT2D eigenvalue weighted by Gasteiger charge is 2.13. The number of aromatic nitrogens is 2. The molecule has 8 heteroatoms. The van der Waals surface area contributed by atoms with E-state index >= 15 is 0 Å². The molecular formula is C23H24N4O4. The van der Waals surface area contributed by atoms with Crippen molar-refractivity contribution in [1.29, 1.82) is 0 Å². The topological polar surface area (TPSA) is 85.8 Å². The smallest absolute Gasteiger partial charge is 0.262 e. The first-order valence-corrected chi connectivity index (χ1v) is 10.0. The second kappa shape index (κ2) is 9.90. The van der Waals surface area contributed by atoms with Gasteiger partial charge in [-0.05, 0) is 48.5 Å². The van der Waals surface area contributed by atoms with Crippen molar-refractivity contribution in [1.82, 2.24) is 10.2 Å². The van der Waals surface area contributed by atoms with Gasteiger partial charge < -0.3 is 24.4 Å². The predicted octanol–water partition coefficient (Wildman–Crippen LogP) is 3.01. The average molecular weight is 420 g/mol. The number of hydrogen-bond acceptors (Lipinski definition) is 7. The lowest BCUT2D eigenvalue weighted by molar-refractivity contribution is -0.118. The van der Waals surface area contributed by atoms with Crippen LogP contribution in [0.2, 0.25) is 0 Å². The third kappa shape index (κ3) is 5.49. The Morgan fingerprint density at radius 2 is 1.68 bits per heavy atom. The summed E-state index contributed by atoms with van der Waals surface area (Å²) in [5.74, 6) is 1.95. The molecule has 0 bridgehead atoms. The van der Waals surface area contributed by atoms with E-state index in [9.17, 15) is 4.79 Å². The number of ether oxygens (including phenoxy) is 3. The van der Waals surface area contributed by atoms with Crippen LogP contribution in [0.15, 0.2) is 60.7 Å². The number of morpholine rings is 1. The molecule has 0 atom stereocenters. The summed E-state index contributed by atoms with van der Waals surface area (Å²) in [5.41, 5.74) is 2.39. The summed E-state index contributed by atoms with van der Waals surface area (Å²) in [6, 6.07) is 18.5. The van der Waals surface area contributed by atoms with E-state index in [4.69, 9.17) is 14.2 Å². The van der Waals surface area contributed by atoms with Crippen molar-refractivity contribution < 1.29 is 19.0 Å². The molecule has 160 valence electrons. The summed E-state index contributed by atoms with van der Waals surface area (Å²) in [5, 5.41) is 11.5. The van der Waals surface area contributed by atoms with E-state index < -0.39 is 0 Å². The monoisotopic (exact) mass is 420 g/mol. The number of rotatable bonds is 7. The number of anilines is 2. The van der Waals surface area contributed by atoms with Gasteiger partial charge in [-0.2, -0.15) is 0 Å². The van der Waals surface area contributed by atoms with Crippen LogP contribution in [0.25, 0.3) is 11.3 Å². The summed E-state index contributed by atoms with van der Waals surface area (Å²) in [7, 11) is 1.60. The normalized spacial score (nSPS) is 13.5. The van der Waals surface area contributed by atoms with Crippen LogP contribution in [0.1, 0.15) is 0 Å². The third-order valence-corrected chi connectivity index (χ3v) is 4.88. The molecule has 1 aliphatic heterocycles. The highest BCUT2D eigenvalue weighted by molar-refractivity contribution is 5.92. The Hall–Kier alpha value is -3.65. The van der Waals surface area contributed by atoms with E-state index in [2.05, 4.69) is 20.4 Å². The molecule has 1 amide bonds. The Bertz CT molecular complexity index is 986. The lowest BCUT2D eigenvalue weighted by Gasteiger charge is -2.27. The Labute approximate surface area is 180 Å². The van der Waals surface area contributed by atoms with Gasteiger partial charge in [0.15, 0.2) is 12.4 Å². The largest absolute Gasteiger partial charge is 0.497 e. The van der Waals surface area contributed by atoms with E-state index in [0.29, 0.717) is 24.7 Å². The van der Waals surface area contributed by atoms with Crippen LogP contribution < -0.4 is 19.7 Å². The molecule has 1 saturated heterocycles. The van der Waals surface area contributed by atoms with E-state index in [1.807, 2.05) is 36.4 Å². The molecule has 0 spiro atoms. The lowest BCUT2D eigenvalue weighted by Crippen LogP contribution is -2.36. The summed E-state index contributed by atoms with van der Waals surface area (Å²) in [6.45, 7) is 2.99. The number of carbonyl (C=O) groups excluding carboxylic acids is 1. The fourth-order valence-corrected chi connectivity index (χ4v) is 3.18. The fraction of sp³-hybridized carbons (Fsp3) is 0.261. The zero-order valence-electron chi connectivity index (χ0n) is 17.3. The maximum atomic E-state index is 12.2. The van der Waals surface area contributed by atoms with E-state index in [-0.39, 0.29) is 12.5 Å². The summed E-state index contributed by atoms with van der Waals surface area (Å²) < 4.78 is 16.0. The highest BCUT2D eigenvalue weighted by Crippen LogP contribution is 2.21. The van der Waals surface area contributed by atoms with Gasteiger partial charge in [-0.15, -0.1) is 10.2 Å². The molecule has 0 unspecified atom stereocenters. The van der Waals surface area contributed by atoms with Gasteiger partial charge in [-0.25, -0.2) is 0 Å². The van der Waals surface area contributed by atoms with Crippen molar-refractivity contribution in [3.63, 3.8) is 0 Å². The highest BCUT2D eigenvalue weighted by atomic mass is 16.5. The Morgan fingerprint density at radius 1 is 0.968 bits per heavy atom. The van der Waals surface area contributed by atoms with Gasteiger partial charge in [-0.1, -0.05) is 12.1 Å². The zero-order chi connectivity index (χ0) is 21.5. The minimum absolute atomic E-state index is 0.0808. The standard InChI is InChI=1S/C23H24N4O4/c1-29-19-6-8-20(9-7-19)31-16-23(28)24-18-4-2-17(3-5-18)21-10-11-22(26-25-21)27-12-14-30-15-13-27/h2-11H,12-16H2,1H3,(H,24,28). The molecule has 1 fully saturated rings. The van der Waals surface area contributed by atoms with Crippen molar-refractivity contribution in [3.8, 4) is 22.8 Å². The van der Waals surface area contributed by atoms with Crippen molar-refractivity contribution in [2.75, 3.05) is 50.2 Å². The van der Waals surface area contributed by atoms with Crippen molar-refractivity contribution in [2.24, 2.45) is 0 Å². The van der Waals surface area contributed by atoms with Crippen LogP contribution in [-0.2, 0) is 9.53 Å². The molecule has 2 heterocycles. The van der Waals surface area contributed by atoms with Crippen LogP contribution in [0.5, 0.6) is 11.5 Å². The van der Waals surface area contributed by atoms with Gasteiger partial charge in [-0.3, -0.25) is 4.79 Å². The first kappa shape index (κ1) is 20.6. The van der Waals surface area contributed by atoms with Crippen LogP contribution >= 0.6 is 0 Å². The number of carbonyl (C=O) groups is 1. The lowest BCUT2D eigenvalue weighted by atomic mass is 10.1. The van der Waals surface area contributed by atoms with Crippen LogP contribution in [0.3, 0.4) is 0 Å². The molecular weight excluding hydrogens is 396 g/mol. The number of amides is 1. The summed E-state index contributed by atoms with van der Waals surface area (Å²) >= 11 is 0. The number of methoxy groups -OCH3 is 1. The second-order valence-corrected chi connectivity index (χ2v) is 6.97. The second-order valence-electron chi connectivity index (χ2n) is 6.97. The molecule has 1 aromatic heterocycles. The summed E-state index contributed by atoms with van der Waals surface area (Å²) in [4.78, 5) is 14.3. The Balaban J connectivity index is 1.30. The number of nitrogens with one attached hydrogen (secondary N) is 1. The average Bonchev–Trinajstić information content (AvgIpc) is 2.84. The van der Waals surface area contributed by atoms with Crippen molar-refractivity contribution >= 4 is 17.4 Å². The number of hydrogen-bond donors (Lipinski definition) is 1.